The van der Waals surface area contributed by atoms with Gasteiger partial charge in [0.2, 0.25) is 0 Å². The SMILES string of the molecule is COc1cccc(-c2cc(N)n3nc(-c4cccs4)nc3c2)c1. The highest BCUT2D eigenvalue weighted by molar-refractivity contribution is 7.13. The summed E-state index contributed by atoms with van der Waals surface area (Å²) in [6.45, 7) is 0. The van der Waals surface area contributed by atoms with E-state index in [1.165, 1.54) is 0 Å². The summed E-state index contributed by atoms with van der Waals surface area (Å²) in [5.41, 5.74) is 8.90. The van der Waals surface area contributed by atoms with Gasteiger partial charge in [0.25, 0.3) is 0 Å². The smallest absolute Gasteiger partial charge is 0.192 e. The molecule has 0 atom stereocenters. The minimum Gasteiger partial charge on any atom is -0.497 e. The normalized spacial score (nSPS) is 11.0. The predicted octanol–water partition coefficient (Wildman–Crippen LogP) is 3.72. The number of thiophene rings is 1. The monoisotopic (exact) mass is 322 g/mol. The Labute approximate surface area is 137 Å². The zero-order chi connectivity index (χ0) is 15.8. The molecule has 4 aromatic rings. The van der Waals surface area contributed by atoms with E-state index in [-0.39, 0.29) is 0 Å². The molecule has 0 spiro atoms. The Kier molecular flexibility index (Phi) is 3.24. The lowest BCUT2D eigenvalue weighted by molar-refractivity contribution is 0.415. The number of ether oxygens (including phenoxy) is 1. The topological polar surface area (TPSA) is 65.4 Å². The van der Waals surface area contributed by atoms with Crippen molar-refractivity contribution in [2.45, 2.75) is 0 Å². The van der Waals surface area contributed by atoms with Crippen LogP contribution < -0.4 is 10.5 Å². The molecule has 0 aliphatic carbocycles. The van der Waals surface area contributed by atoms with Crippen LogP contribution in [0.3, 0.4) is 0 Å². The highest BCUT2D eigenvalue weighted by Crippen LogP contribution is 2.28. The van der Waals surface area contributed by atoms with Crippen molar-refractivity contribution >= 4 is 22.8 Å². The molecule has 4 rings (SSSR count). The molecule has 23 heavy (non-hydrogen) atoms. The van der Waals surface area contributed by atoms with E-state index in [1.54, 1.807) is 23.0 Å². The molecule has 0 aliphatic rings. The zero-order valence-corrected chi connectivity index (χ0v) is 13.2. The van der Waals surface area contributed by atoms with Gasteiger partial charge < -0.3 is 10.5 Å². The van der Waals surface area contributed by atoms with Gasteiger partial charge in [-0.15, -0.1) is 16.4 Å². The van der Waals surface area contributed by atoms with Crippen LogP contribution in [0.25, 0.3) is 27.5 Å². The summed E-state index contributed by atoms with van der Waals surface area (Å²) in [4.78, 5) is 5.62. The second-order valence-corrected chi connectivity index (χ2v) is 6.03. The molecule has 0 radical (unpaired) electrons. The molecule has 5 nitrogen and oxygen atoms in total. The van der Waals surface area contributed by atoms with Gasteiger partial charge in [-0.1, -0.05) is 18.2 Å². The van der Waals surface area contributed by atoms with Gasteiger partial charge in [-0.25, -0.2) is 4.98 Å². The van der Waals surface area contributed by atoms with Crippen molar-refractivity contribution in [3.05, 3.63) is 53.9 Å². The second-order valence-electron chi connectivity index (χ2n) is 5.08. The van der Waals surface area contributed by atoms with Crippen LogP contribution in [0.1, 0.15) is 0 Å². The van der Waals surface area contributed by atoms with Gasteiger partial charge in [0.05, 0.1) is 12.0 Å². The Bertz CT molecular complexity index is 976. The first kappa shape index (κ1) is 13.8. The summed E-state index contributed by atoms with van der Waals surface area (Å²) in [6, 6.07) is 15.7. The fourth-order valence-corrected chi connectivity index (χ4v) is 3.14. The quantitative estimate of drug-likeness (QED) is 0.624. The maximum Gasteiger partial charge on any atom is 0.192 e. The molecule has 3 heterocycles. The van der Waals surface area contributed by atoms with E-state index in [1.807, 2.05) is 53.9 Å². The lowest BCUT2D eigenvalue weighted by atomic mass is 10.1. The van der Waals surface area contributed by atoms with E-state index < -0.39 is 0 Å². The van der Waals surface area contributed by atoms with Crippen molar-refractivity contribution < 1.29 is 4.74 Å². The standard InChI is InChI=1S/C17H14N4OS/c1-22-13-5-2-4-11(8-13)12-9-15(18)21-16(10-12)19-17(20-21)14-6-3-7-23-14/h2-10H,18H2,1H3. The van der Waals surface area contributed by atoms with Gasteiger partial charge in [-0.2, -0.15) is 4.52 Å². The second kappa shape index (κ2) is 5.40. The van der Waals surface area contributed by atoms with Gasteiger partial charge in [0, 0.05) is 0 Å². The van der Waals surface area contributed by atoms with Gasteiger partial charge >= 0.3 is 0 Å². The van der Waals surface area contributed by atoms with Crippen LogP contribution in [-0.2, 0) is 0 Å². The first-order valence-electron chi connectivity index (χ1n) is 7.09. The van der Waals surface area contributed by atoms with Gasteiger partial charge in [0.1, 0.15) is 11.6 Å². The maximum absolute atomic E-state index is 6.16. The fourth-order valence-electron chi connectivity index (χ4n) is 2.49. The van der Waals surface area contributed by atoms with Crippen LogP contribution in [0.4, 0.5) is 5.82 Å². The molecular weight excluding hydrogens is 308 g/mol. The minimum atomic E-state index is 0.552. The summed E-state index contributed by atoms with van der Waals surface area (Å²) < 4.78 is 6.95. The third kappa shape index (κ3) is 2.43. The van der Waals surface area contributed by atoms with E-state index in [4.69, 9.17) is 10.5 Å². The van der Waals surface area contributed by atoms with E-state index in [9.17, 15) is 0 Å². The minimum absolute atomic E-state index is 0.552. The van der Waals surface area contributed by atoms with Gasteiger partial charge in [0.15, 0.2) is 11.5 Å². The number of benzene rings is 1. The van der Waals surface area contributed by atoms with Crippen LogP contribution in [0.15, 0.2) is 53.9 Å². The average molecular weight is 322 g/mol. The Hall–Kier alpha value is -2.86. The summed E-state index contributed by atoms with van der Waals surface area (Å²) in [5.74, 6) is 2.05. The third-order valence-electron chi connectivity index (χ3n) is 3.61. The lowest BCUT2D eigenvalue weighted by Gasteiger charge is -2.06. The molecule has 0 bridgehead atoms. The largest absolute Gasteiger partial charge is 0.497 e. The number of methoxy groups -OCH3 is 1. The van der Waals surface area contributed by atoms with Crippen molar-refractivity contribution in [2.75, 3.05) is 12.8 Å². The molecule has 0 saturated carbocycles. The van der Waals surface area contributed by atoms with E-state index in [0.717, 1.165) is 27.4 Å². The summed E-state index contributed by atoms with van der Waals surface area (Å²) in [6.07, 6.45) is 0. The van der Waals surface area contributed by atoms with Crippen molar-refractivity contribution in [1.82, 2.24) is 14.6 Å². The van der Waals surface area contributed by atoms with Crippen molar-refractivity contribution in [3.63, 3.8) is 0 Å². The fraction of sp³-hybridized carbons (Fsp3) is 0.0588. The summed E-state index contributed by atoms with van der Waals surface area (Å²) in [7, 11) is 1.66. The number of hydrogen-bond acceptors (Lipinski definition) is 5. The predicted molar refractivity (Wildman–Crippen MR) is 92.7 cm³/mol. The first-order valence-corrected chi connectivity index (χ1v) is 7.97. The summed E-state index contributed by atoms with van der Waals surface area (Å²) in [5, 5.41) is 6.50. The zero-order valence-electron chi connectivity index (χ0n) is 12.4. The molecule has 114 valence electrons. The lowest BCUT2D eigenvalue weighted by Crippen LogP contribution is -1.99. The number of hydrogen-bond donors (Lipinski definition) is 1. The van der Waals surface area contributed by atoms with Crippen LogP contribution in [0.2, 0.25) is 0 Å². The number of anilines is 1. The van der Waals surface area contributed by atoms with Crippen LogP contribution in [-0.4, -0.2) is 21.7 Å². The number of pyridine rings is 1. The molecule has 0 saturated heterocycles. The first-order chi connectivity index (χ1) is 11.2. The Morgan fingerprint density at radius 1 is 1.09 bits per heavy atom. The molecule has 2 N–H and O–H groups in total. The molecule has 0 aliphatic heterocycles. The molecule has 0 amide bonds. The molecule has 0 unspecified atom stereocenters. The number of nitrogen functional groups attached to an aromatic ring is 1. The Morgan fingerprint density at radius 2 is 2.00 bits per heavy atom. The van der Waals surface area contributed by atoms with E-state index in [2.05, 4.69) is 10.1 Å². The molecule has 6 heteroatoms. The van der Waals surface area contributed by atoms with Crippen molar-refractivity contribution in [2.24, 2.45) is 0 Å². The molecule has 0 fully saturated rings. The van der Waals surface area contributed by atoms with Crippen LogP contribution in [0, 0.1) is 0 Å². The third-order valence-corrected chi connectivity index (χ3v) is 4.48. The van der Waals surface area contributed by atoms with Crippen LogP contribution >= 0.6 is 11.3 Å². The maximum atomic E-state index is 6.16. The number of rotatable bonds is 3. The highest BCUT2D eigenvalue weighted by atomic mass is 32.1. The number of aromatic nitrogens is 3. The van der Waals surface area contributed by atoms with Crippen molar-refractivity contribution in [3.8, 4) is 27.6 Å². The van der Waals surface area contributed by atoms with Crippen LogP contribution in [0.5, 0.6) is 5.75 Å². The molecular formula is C17H14N4OS. The summed E-state index contributed by atoms with van der Waals surface area (Å²) >= 11 is 1.61. The van der Waals surface area contributed by atoms with E-state index >= 15 is 0 Å². The van der Waals surface area contributed by atoms with Gasteiger partial charge in [-0.3, -0.25) is 0 Å². The molecule has 1 aromatic carbocycles. The molecule has 3 aromatic heterocycles. The van der Waals surface area contributed by atoms with Gasteiger partial charge in [-0.05, 0) is 46.8 Å². The number of nitrogens with two attached hydrogens (primary N) is 1. The Morgan fingerprint density at radius 3 is 2.78 bits per heavy atom. The average Bonchev–Trinajstić information content (AvgIpc) is 3.24. The Balaban J connectivity index is 1.86. The number of fused-ring (bicyclic) bond motifs is 1. The van der Waals surface area contributed by atoms with E-state index in [0.29, 0.717) is 11.6 Å². The number of nitrogens with zero attached hydrogens (tertiary/aromatic N) is 3. The highest BCUT2D eigenvalue weighted by Gasteiger charge is 2.11. The van der Waals surface area contributed by atoms with Crippen molar-refractivity contribution in [1.29, 1.82) is 0 Å².